The highest BCUT2D eigenvalue weighted by Gasteiger charge is 2.50. The van der Waals surface area contributed by atoms with Gasteiger partial charge in [-0.05, 0) is 121 Å². The van der Waals surface area contributed by atoms with E-state index in [2.05, 4.69) is 191 Å². The zero-order chi connectivity index (χ0) is 36.7. The lowest BCUT2D eigenvalue weighted by atomic mass is 9.42. The van der Waals surface area contributed by atoms with E-state index in [1.165, 1.54) is 107 Å². The molecule has 0 aromatic heterocycles. The summed E-state index contributed by atoms with van der Waals surface area (Å²) in [6.45, 7) is 14.6. The average molecular weight is 697 g/mol. The van der Waals surface area contributed by atoms with Crippen LogP contribution in [0.25, 0.3) is 33.0 Å². The van der Waals surface area contributed by atoms with Gasteiger partial charge in [0.2, 0.25) is 0 Å². The van der Waals surface area contributed by atoms with E-state index in [-0.39, 0.29) is 23.1 Å². The van der Waals surface area contributed by atoms with Crippen molar-refractivity contribution in [3.05, 3.63) is 162 Å². The number of benzene rings is 7. The molecule has 0 spiro atoms. The number of rotatable bonds is 2. The molecule has 4 aliphatic rings. The Morgan fingerprint density at radius 2 is 1.17 bits per heavy atom. The maximum atomic E-state index is 2.71. The predicted molar refractivity (Wildman–Crippen MR) is 231 cm³/mol. The molecule has 0 N–H and O–H groups in total. The van der Waals surface area contributed by atoms with E-state index in [0.29, 0.717) is 0 Å². The molecule has 0 amide bonds. The molecule has 3 heterocycles. The summed E-state index contributed by atoms with van der Waals surface area (Å²) >= 11 is 0. The number of fused-ring (bicyclic) bond motifs is 9. The van der Waals surface area contributed by atoms with Crippen molar-refractivity contribution >= 4 is 57.0 Å². The van der Waals surface area contributed by atoms with E-state index in [0.717, 1.165) is 0 Å². The third kappa shape index (κ3) is 4.19. The average Bonchev–Trinajstić information content (AvgIpc) is 3.19. The van der Waals surface area contributed by atoms with Crippen LogP contribution in [0.1, 0.15) is 76.6 Å². The third-order valence-corrected chi connectivity index (χ3v) is 13.7. The summed E-state index contributed by atoms with van der Waals surface area (Å²) in [4.78, 5) is 5.34. The fourth-order valence-electron chi connectivity index (χ4n) is 10.6. The molecular formula is C51H45BN2. The second-order valence-electron chi connectivity index (χ2n) is 18.0. The second kappa shape index (κ2) is 10.8. The van der Waals surface area contributed by atoms with Crippen LogP contribution in [0.2, 0.25) is 0 Å². The molecule has 3 heteroatoms. The highest BCUT2D eigenvalue weighted by Crippen LogP contribution is 2.57. The van der Waals surface area contributed by atoms with Gasteiger partial charge in [0.25, 0.3) is 0 Å². The third-order valence-electron chi connectivity index (χ3n) is 13.7. The molecule has 0 unspecified atom stereocenters. The van der Waals surface area contributed by atoms with E-state index in [4.69, 9.17) is 0 Å². The molecule has 0 atom stereocenters. The first-order chi connectivity index (χ1) is 26.0. The van der Waals surface area contributed by atoms with Gasteiger partial charge < -0.3 is 9.71 Å². The van der Waals surface area contributed by atoms with Crippen molar-refractivity contribution in [2.24, 2.45) is 0 Å². The fraction of sp³-hybridized carbons (Fsp3) is 0.216. The van der Waals surface area contributed by atoms with Crippen LogP contribution < -0.4 is 20.6 Å². The van der Waals surface area contributed by atoms with Gasteiger partial charge in [0.1, 0.15) is 0 Å². The molecule has 3 aliphatic heterocycles. The predicted octanol–water partition coefficient (Wildman–Crippen LogP) is 12.2. The molecule has 11 rings (SSSR count). The van der Waals surface area contributed by atoms with E-state index >= 15 is 0 Å². The highest BCUT2D eigenvalue weighted by atomic mass is 15.2. The lowest BCUT2D eigenvalue weighted by molar-refractivity contribution is 0.332. The van der Waals surface area contributed by atoms with Crippen molar-refractivity contribution in [3.63, 3.8) is 0 Å². The molecule has 0 saturated heterocycles. The first kappa shape index (κ1) is 31.9. The van der Waals surface area contributed by atoms with Crippen molar-refractivity contribution in [3.8, 4) is 22.3 Å². The molecule has 54 heavy (non-hydrogen) atoms. The van der Waals surface area contributed by atoms with Gasteiger partial charge >= 0.3 is 6.85 Å². The van der Waals surface area contributed by atoms with E-state index in [1.807, 2.05) is 0 Å². The summed E-state index contributed by atoms with van der Waals surface area (Å²) in [6, 6.07) is 53.2. The minimum atomic E-state index is -0.154. The first-order valence-electron chi connectivity index (χ1n) is 19.8. The van der Waals surface area contributed by atoms with Gasteiger partial charge in [-0.2, -0.15) is 0 Å². The number of hydrogen-bond acceptors (Lipinski definition) is 2. The lowest BCUT2D eigenvalue weighted by Crippen LogP contribution is -2.62. The van der Waals surface area contributed by atoms with Crippen LogP contribution in [0.3, 0.4) is 0 Å². The molecule has 1 aliphatic carbocycles. The molecule has 262 valence electrons. The molecule has 0 bridgehead atoms. The summed E-state index contributed by atoms with van der Waals surface area (Å²) < 4.78 is 0. The zero-order valence-corrected chi connectivity index (χ0v) is 32.2. The van der Waals surface area contributed by atoms with Gasteiger partial charge in [-0.1, -0.05) is 145 Å². The maximum Gasteiger partial charge on any atom is 0.333 e. The molecule has 0 saturated carbocycles. The van der Waals surface area contributed by atoms with Crippen molar-refractivity contribution in [1.82, 2.24) is 0 Å². The van der Waals surface area contributed by atoms with Crippen LogP contribution in [-0.4, -0.2) is 6.85 Å². The summed E-state index contributed by atoms with van der Waals surface area (Å²) in [5, 5.41) is 2.62. The SMILES string of the molecule is CC1(C)CCC(C)(C)c2cc3c(cc21)-c1c2c(cc4ccccc14)N1c4ccccc4C(C)(C)c4cccc(c41)B2N3c1ccc(-c2ccccc2)cc1. The summed E-state index contributed by atoms with van der Waals surface area (Å²) in [5.41, 5.74) is 20.2. The van der Waals surface area contributed by atoms with E-state index in [1.54, 1.807) is 0 Å². The standard InChI is InChI=1S/C51H45BN2/c1-49(2)27-28-50(3,4)41-31-44-37(30-40(41)49)46-36-18-11-10-17-34(36)29-45-47(46)52(54(44)35-25-23-33(24-26-35)32-15-8-7-9-16-32)42-21-14-20-39-48(42)53(45)43-22-13-12-19-38(43)51(39,5)6/h7-26,29-31H,27-28H2,1-6H3. The molecule has 7 aromatic carbocycles. The van der Waals surface area contributed by atoms with Crippen LogP contribution in [-0.2, 0) is 16.2 Å². The number of nitrogens with zero attached hydrogens (tertiary/aromatic N) is 2. The number of anilines is 5. The van der Waals surface area contributed by atoms with Crippen LogP contribution in [0.5, 0.6) is 0 Å². The first-order valence-corrected chi connectivity index (χ1v) is 19.8. The Bertz CT molecular complexity index is 2700. The minimum Gasteiger partial charge on any atom is -0.376 e. The zero-order valence-electron chi connectivity index (χ0n) is 32.2. The minimum absolute atomic E-state index is 0.0142. The molecule has 0 fully saturated rings. The highest BCUT2D eigenvalue weighted by molar-refractivity contribution is 6.94. The maximum absolute atomic E-state index is 2.71. The van der Waals surface area contributed by atoms with Crippen molar-refractivity contribution in [1.29, 1.82) is 0 Å². The van der Waals surface area contributed by atoms with E-state index < -0.39 is 0 Å². The normalized spacial score (nSPS) is 17.6. The molecule has 2 nitrogen and oxygen atoms in total. The Morgan fingerprint density at radius 1 is 0.519 bits per heavy atom. The number of hydrogen-bond donors (Lipinski definition) is 0. The Hall–Kier alpha value is -5.54. The smallest absolute Gasteiger partial charge is 0.333 e. The summed E-state index contributed by atoms with van der Waals surface area (Å²) in [7, 11) is 0. The van der Waals surface area contributed by atoms with Gasteiger partial charge in [0.15, 0.2) is 0 Å². The Kier molecular flexibility index (Phi) is 6.38. The molecular weight excluding hydrogens is 651 g/mol. The van der Waals surface area contributed by atoms with Gasteiger partial charge in [0.05, 0.1) is 5.69 Å². The largest absolute Gasteiger partial charge is 0.376 e. The fourth-order valence-corrected chi connectivity index (χ4v) is 10.6. The summed E-state index contributed by atoms with van der Waals surface area (Å²) in [5.74, 6) is 0. The van der Waals surface area contributed by atoms with Gasteiger partial charge in [-0.3, -0.25) is 0 Å². The van der Waals surface area contributed by atoms with Crippen LogP contribution >= 0.6 is 0 Å². The van der Waals surface area contributed by atoms with Gasteiger partial charge in [0, 0.05) is 33.7 Å². The quantitative estimate of drug-likeness (QED) is 0.166. The van der Waals surface area contributed by atoms with Crippen LogP contribution in [0, 0.1) is 0 Å². The Morgan fingerprint density at radius 3 is 1.94 bits per heavy atom. The Labute approximate surface area is 320 Å². The van der Waals surface area contributed by atoms with Crippen molar-refractivity contribution in [2.45, 2.75) is 70.6 Å². The summed E-state index contributed by atoms with van der Waals surface area (Å²) in [6.07, 6.45) is 2.36. The van der Waals surface area contributed by atoms with Crippen molar-refractivity contribution < 1.29 is 0 Å². The van der Waals surface area contributed by atoms with Crippen LogP contribution in [0.4, 0.5) is 28.4 Å². The van der Waals surface area contributed by atoms with Gasteiger partial charge in [-0.15, -0.1) is 0 Å². The monoisotopic (exact) mass is 696 g/mol. The Balaban J connectivity index is 1.29. The topological polar surface area (TPSA) is 6.48 Å². The van der Waals surface area contributed by atoms with E-state index in [9.17, 15) is 0 Å². The lowest BCUT2D eigenvalue weighted by Gasteiger charge is -2.51. The van der Waals surface area contributed by atoms with Gasteiger partial charge in [-0.25, -0.2) is 0 Å². The van der Waals surface area contributed by atoms with Crippen LogP contribution in [0.15, 0.2) is 140 Å². The van der Waals surface area contributed by atoms with Crippen molar-refractivity contribution in [2.75, 3.05) is 9.71 Å². The second-order valence-corrected chi connectivity index (χ2v) is 18.0. The molecule has 7 aromatic rings. The number of para-hydroxylation sites is 2. The molecule has 0 radical (unpaired) electrons.